The molecule has 0 aliphatic carbocycles. The quantitative estimate of drug-likeness (QED) is 0.171. The summed E-state index contributed by atoms with van der Waals surface area (Å²) in [6, 6.07) is 15.6. The Kier molecular flexibility index (Phi) is 6.76. The monoisotopic (exact) mass is 541 g/mol. The maximum absolute atomic E-state index is 13.5. The van der Waals surface area contributed by atoms with E-state index in [1.54, 1.807) is 42.6 Å². The highest BCUT2D eigenvalue weighted by Gasteiger charge is 2.48. The van der Waals surface area contributed by atoms with Crippen LogP contribution in [0.2, 0.25) is 0 Å². The Hall–Kier alpha value is -4.04. The zero-order valence-corrected chi connectivity index (χ0v) is 23.7. The highest BCUT2D eigenvalue weighted by Crippen LogP contribution is 2.44. The second kappa shape index (κ2) is 9.93. The van der Waals surface area contributed by atoms with Gasteiger partial charge in [0.25, 0.3) is 5.78 Å². The van der Waals surface area contributed by atoms with Gasteiger partial charge in [-0.15, -0.1) is 0 Å². The van der Waals surface area contributed by atoms with E-state index < -0.39 is 17.7 Å². The molecule has 2 aromatic carbocycles. The SMILES string of the molecule is Cc1cc(/C(O)=C2\C(=O)C(=O)N(c3nc4ccc(C(C)(C)C)cc4s3)C2c2ccccn2)ccc1OC(C)C. The van der Waals surface area contributed by atoms with Crippen molar-refractivity contribution in [3.63, 3.8) is 0 Å². The van der Waals surface area contributed by atoms with Crippen molar-refractivity contribution in [2.75, 3.05) is 4.90 Å². The minimum absolute atomic E-state index is 0.00841. The number of ketones is 1. The first-order valence-electron chi connectivity index (χ1n) is 12.9. The minimum Gasteiger partial charge on any atom is -0.507 e. The van der Waals surface area contributed by atoms with Crippen molar-refractivity contribution < 1.29 is 19.4 Å². The van der Waals surface area contributed by atoms with E-state index in [-0.39, 0.29) is 22.9 Å². The summed E-state index contributed by atoms with van der Waals surface area (Å²) < 4.78 is 6.74. The third-order valence-electron chi connectivity index (χ3n) is 6.67. The zero-order valence-electron chi connectivity index (χ0n) is 22.9. The van der Waals surface area contributed by atoms with Gasteiger partial charge in [0.2, 0.25) is 0 Å². The number of hydrogen-bond donors (Lipinski definition) is 1. The Bertz CT molecular complexity index is 1620. The molecule has 1 unspecified atom stereocenters. The van der Waals surface area contributed by atoms with Crippen LogP contribution in [-0.2, 0) is 15.0 Å². The van der Waals surface area contributed by atoms with Gasteiger partial charge >= 0.3 is 5.91 Å². The van der Waals surface area contributed by atoms with Gasteiger partial charge in [0.05, 0.1) is 27.6 Å². The van der Waals surface area contributed by atoms with Crippen molar-refractivity contribution in [1.82, 2.24) is 9.97 Å². The molecule has 1 atom stereocenters. The lowest BCUT2D eigenvalue weighted by Crippen LogP contribution is -2.29. The summed E-state index contributed by atoms with van der Waals surface area (Å²) >= 11 is 1.34. The van der Waals surface area contributed by atoms with Crippen LogP contribution in [0.5, 0.6) is 5.75 Å². The number of hydrogen-bond acceptors (Lipinski definition) is 7. The Labute approximate surface area is 231 Å². The molecule has 0 radical (unpaired) electrons. The van der Waals surface area contributed by atoms with E-state index in [1.807, 2.05) is 32.9 Å². The average Bonchev–Trinajstić information content (AvgIpc) is 3.42. The molecule has 0 bridgehead atoms. The van der Waals surface area contributed by atoms with E-state index in [2.05, 4.69) is 31.8 Å². The van der Waals surface area contributed by atoms with Gasteiger partial charge in [-0.05, 0) is 79.8 Å². The standard InChI is InChI=1S/C31H31N3O4S/c1-17(2)38-23-13-10-19(15-18(23)3)27(35)25-26(22-9-7-8-14-32-22)34(29(37)28(25)36)30-33-21-12-11-20(31(4,5)6)16-24(21)39-30/h7-17,26,35H,1-6H3/b27-25+. The van der Waals surface area contributed by atoms with Crippen LogP contribution in [0.15, 0.2) is 66.4 Å². The van der Waals surface area contributed by atoms with Crippen molar-refractivity contribution in [2.24, 2.45) is 0 Å². The van der Waals surface area contributed by atoms with Crippen molar-refractivity contribution >= 4 is 44.1 Å². The van der Waals surface area contributed by atoms with Gasteiger partial charge in [-0.1, -0.05) is 44.2 Å². The molecule has 4 aromatic rings. The van der Waals surface area contributed by atoms with Crippen LogP contribution in [0.25, 0.3) is 16.0 Å². The van der Waals surface area contributed by atoms with E-state index in [0.717, 1.165) is 21.3 Å². The fourth-order valence-electron chi connectivity index (χ4n) is 4.67. The van der Waals surface area contributed by atoms with Crippen LogP contribution < -0.4 is 9.64 Å². The van der Waals surface area contributed by atoms with Crippen molar-refractivity contribution in [3.05, 3.63) is 88.8 Å². The number of aromatic nitrogens is 2. The van der Waals surface area contributed by atoms with E-state index in [1.165, 1.54) is 16.2 Å². The number of fused-ring (bicyclic) bond motifs is 1. The number of rotatable bonds is 5. The van der Waals surface area contributed by atoms with Gasteiger partial charge in [-0.3, -0.25) is 19.5 Å². The van der Waals surface area contributed by atoms with Crippen LogP contribution in [0.4, 0.5) is 5.13 Å². The number of aryl methyl sites for hydroxylation is 1. The molecule has 200 valence electrons. The van der Waals surface area contributed by atoms with Gasteiger partial charge < -0.3 is 9.84 Å². The number of aliphatic hydroxyl groups excluding tert-OH is 1. The maximum Gasteiger partial charge on any atom is 0.301 e. The van der Waals surface area contributed by atoms with E-state index >= 15 is 0 Å². The Morgan fingerprint density at radius 3 is 2.49 bits per heavy atom. The summed E-state index contributed by atoms with van der Waals surface area (Å²) in [5.74, 6) is -1.11. The molecule has 7 nitrogen and oxygen atoms in total. The second-order valence-corrected chi connectivity index (χ2v) is 12.0. The van der Waals surface area contributed by atoms with Gasteiger partial charge in [0.1, 0.15) is 17.6 Å². The lowest BCUT2D eigenvalue weighted by molar-refractivity contribution is -0.132. The number of nitrogens with zero attached hydrogens (tertiary/aromatic N) is 3. The lowest BCUT2D eigenvalue weighted by atomic mass is 9.87. The predicted molar refractivity (Wildman–Crippen MR) is 154 cm³/mol. The van der Waals surface area contributed by atoms with Gasteiger partial charge in [-0.2, -0.15) is 0 Å². The molecule has 8 heteroatoms. The average molecular weight is 542 g/mol. The Balaban J connectivity index is 1.66. The minimum atomic E-state index is -0.930. The molecule has 5 rings (SSSR count). The van der Waals surface area contributed by atoms with Crippen LogP contribution in [0, 0.1) is 6.92 Å². The van der Waals surface area contributed by atoms with E-state index in [9.17, 15) is 14.7 Å². The van der Waals surface area contributed by atoms with Crippen molar-refractivity contribution in [1.29, 1.82) is 0 Å². The number of ether oxygens (including phenoxy) is 1. The Morgan fingerprint density at radius 2 is 1.85 bits per heavy atom. The first kappa shape index (κ1) is 26.6. The molecule has 3 heterocycles. The number of pyridine rings is 1. The van der Waals surface area contributed by atoms with Crippen LogP contribution >= 0.6 is 11.3 Å². The van der Waals surface area contributed by atoms with E-state index in [0.29, 0.717) is 22.1 Å². The number of benzene rings is 2. The molecule has 2 aromatic heterocycles. The van der Waals surface area contributed by atoms with Gasteiger partial charge in [0, 0.05) is 11.8 Å². The third-order valence-corrected chi connectivity index (χ3v) is 7.69. The number of amides is 1. The molecular formula is C31H31N3O4S. The fraction of sp³-hybridized carbons (Fsp3) is 0.290. The molecule has 1 aliphatic heterocycles. The second-order valence-electron chi connectivity index (χ2n) is 11.0. The highest BCUT2D eigenvalue weighted by molar-refractivity contribution is 7.22. The molecule has 0 spiro atoms. The number of thiazole rings is 1. The molecule has 1 fully saturated rings. The smallest absolute Gasteiger partial charge is 0.301 e. The van der Waals surface area contributed by atoms with Crippen LogP contribution in [-0.4, -0.2) is 32.9 Å². The molecular weight excluding hydrogens is 510 g/mol. The topological polar surface area (TPSA) is 92.6 Å². The summed E-state index contributed by atoms with van der Waals surface area (Å²) in [4.78, 5) is 37.6. The molecule has 1 amide bonds. The number of Topliss-reactive ketones (excluding diaryl/α,β-unsaturated/α-hetero) is 1. The third kappa shape index (κ3) is 4.92. The van der Waals surface area contributed by atoms with Crippen LogP contribution in [0.1, 0.15) is 63.0 Å². The number of anilines is 1. The van der Waals surface area contributed by atoms with Gasteiger partial charge in [0.15, 0.2) is 5.13 Å². The molecule has 1 N–H and O–H groups in total. The zero-order chi connectivity index (χ0) is 28.1. The molecule has 39 heavy (non-hydrogen) atoms. The Morgan fingerprint density at radius 1 is 1.08 bits per heavy atom. The number of carbonyl (C=O) groups excluding carboxylic acids is 2. The summed E-state index contributed by atoms with van der Waals surface area (Å²) in [6.07, 6.45) is 1.59. The predicted octanol–water partition coefficient (Wildman–Crippen LogP) is 6.71. The first-order chi connectivity index (χ1) is 18.5. The first-order valence-corrected chi connectivity index (χ1v) is 13.7. The lowest BCUT2D eigenvalue weighted by Gasteiger charge is -2.22. The summed E-state index contributed by atoms with van der Waals surface area (Å²) in [5, 5.41) is 11.8. The van der Waals surface area contributed by atoms with Crippen molar-refractivity contribution in [2.45, 2.75) is 59.1 Å². The summed E-state index contributed by atoms with van der Waals surface area (Å²) in [7, 11) is 0. The number of carbonyl (C=O) groups is 2. The van der Waals surface area contributed by atoms with E-state index in [4.69, 9.17) is 9.72 Å². The summed E-state index contributed by atoms with van der Waals surface area (Å²) in [5.41, 5.74) is 3.49. The fourth-order valence-corrected chi connectivity index (χ4v) is 5.70. The highest BCUT2D eigenvalue weighted by atomic mass is 32.1. The largest absolute Gasteiger partial charge is 0.507 e. The van der Waals surface area contributed by atoms with Gasteiger partial charge in [-0.25, -0.2) is 4.98 Å². The maximum atomic E-state index is 13.5. The molecule has 1 saturated heterocycles. The van der Waals surface area contributed by atoms with Crippen molar-refractivity contribution in [3.8, 4) is 5.75 Å². The molecule has 1 aliphatic rings. The number of aliphatic hydroxyl groups is 1. The summed E-state index contributed by atoms with van der Waals surface area (Å²) in [6.45, 7) is 12.2. The molecule has 0 saturated carbocycles. The normalized spacial score (nSPS) is 17.4. The van der Waals surface area contributed by atoms with Crippen LogP contribution in [0.3, 0.4) is 0 Å².